The summed E-state index contributed by atoms with van der Waals surface area (Å²) in [5.41, 5.74) is 1.09. The van der Waals surface area contributed by atoms with Gasteiger partial charge in [-0.2, -0.15) is 0 Å². The molecule has 0 aromatic rings. The minimum atomic E-state index is 0.219. The highest BCUT2D eigenvalue weighted by molar-refractivity contribution is 5.13. The third kappa shape index (κ3) is 2.30. The molecule has 1 saturated carbocycles. The fourth-order valence-electron chi connectivity index (χ4n) is 4.06. The smallest absolute Gasteiger partial charge is 0.0180 e. The Morgan fingerprint density at radius 3 is 1.75 bits per heavy atom. The molecule has 0 aromatic carbocycles. The molecule has 1 aliphatic rings. The Labute approximate surface area is 102 Å². The second kappa shape index (κ2) is 4.01. The molecule has 1 fully saturated rings. The molecule has 0 saturated heterocycles. The molecule has 0 unspecified atom stereocenters. The number of hydrogen-bond donors (Lipinski definition) is 1. The molecule has 0 amide bonds. The van der Waals surface area contributed by atoms with E-state index < -0.39 is 0 Å². The Morgan fingerprint density at radius 1 is 1.00 bits per heavy atom. The maximum Gasteiger partial charge on any atom is 0.0180 e. The molecule has 16 heavy (non-hydrogen) atoms. The Balaban J connectivity index is 2.81. The first-order valence-electron chi connectivity index (χ1n) is 6.81. The van der Waals surface area contributed by atoms with Crippen LogP contribution in [0.4, 0.5) is 0 Å². The summed E-state index contributed by atoms with van der Waals surface area (Å²) >= 11 is 0. The highest BCUT2D eigenvalue weighted by Crippen LogP contribution is 2.60. The molecule has 0 atom stereocenters. The lowest BCUT2D eigenvalue weighted by atomic mass is 9.43. The van der Waals surface area contributed by atoms with Crippen LogP contribution in [-0.2, 0) is 0 Å². The minimum Gasteiger partial charge on any atom is -0.308 e. The molecule has 1 nitrogen and oxygen atoms in total. The van der Waals surface area contributed by atoms with Gasteiger partial charge in [0.2, 0.25) is 0 Å². The van der Waals surface area contributed by atoms with Crippen molar-refractivity contribution in [3.8, 4) is 0 Å². The molecule has 1 N–H and O–H groups in total. The lowest BCUT2D eigenvalue weighted by molar-refractivity contribution is -0.138. The van der Waals surface area contributed by atoms with Crippen molar-refractivity contribution in [2.75, 3.05) is 0 Å². The Hall–Kier alpha value is -0.0400. The van der Waals surface area contributed by atoms with E-state index in [0.29, 0.717) is 16.9 Å². The topological polar surface area (TPSA) is 12.0 Å². The van der Waals surface area contributed by atoms with Gasteiger partial charge < -0.3 is 5.32 Å². The summed E-state index contributed by atoms with van der Waals surface area (Å²) in [6.45, 7) is 18.8. The molecule has 1 heteroatoms. The van der Waals surface area contributed by atoms with E-state index in [1.165, 1.54) is 12.8 Å². The van der Waals surface area contributed by atoms with E-state index in [1.807, 2.05) is 0 Å². The summed E-state index contributed by atoms with van der Waals surface area (Å²) in [6, 6.07) is 0.636. The summed E-state index contributed by atoms with van der Waals surface area (Å²) in [4.78, 5) is 0. The summed E-state index contributed by atoms with van der Waals surface area (Å²) < 4.78 is 0. The maximum absolute atomic E-state index is 3.82. The first kappa shape index (κ1) is 14.0. The van der Waals surface area contributed by atoms with E-state index in [1.54, 1.807) is 0 Å². The second-order valence-corrected chi connectivity index (χ2v) is 7.81. The van der Waals surface area contributed by atoms with Crippen molar-refractivity contribution in [2.45, 2.75) is 79.8 Å². The Kier molecular flexibility index (Phi) is 3.52. The second-order valence-electron chi connectivity index (χ2n) is 7.81. The average molecular weight is 225 g/mol. The van der Waals surface area contributed by atoms with Crippen LogP contribution in [0, 0.1) is 16.7 Å². The molecular formula is C15H31N. The van der Waals surface area contributed by atoms with Crippen LogP contribution in [0.5, 0.6) is 0 Å². The monoisotopic (exact) mass is 225 g/mol. The SMILES string of the molecule is CCCC1C(C)(C)C(NC(C)(C)C)C1(C)C. The molecule has 0 heterocycles. The first-order chi connectivity index (χ1) is 7.03. The van der Waals surface area contributed by atoms with E-state index in [9.17, 15) is 0 Å². The van der Waals surface area contributed by atoms with Crippen LogP contribution < -0.4 is 5.32 Å². The fourth-order valence-corrected chi connectivity index (χ4v) is 4.06. The quantitative estimate of drug-likeness (QED) is 0.758. The Morgan fingerprint density at radius 2 is 1.44 bits per heavy atom. The molecule has 1 rings (SSSR count). The van der Waals surface area contributed by atoms with Gasteiger partial charge in [0.1, 0.15) is 0 Å². The van der Waals surface area contributed by atoms with Crippen LogP contribution in [0.3, 0.4) is 0 Å². The van der Waals surface area contributed by atoms with Crippen LogP contribution in [0.2, 0.25) is 0 Å². The van der Waals surface area contributed by atoms with Crippen LogP contribution in [0.15, 0.2) is 0 Å². The van der Waals surface area contributed by atoms with Gasteiger partial charge in [0.05, 0.1) is 0 Å². The largest absolute Gasteiger partial charge is 0.308 e. The predicted octanol–water partition coefficient (Wildman–Crippen LogP) is 4.23. The predicted molar refractivity (Wildman–Crippen MR) is 72.6 cm³/mol. The van der Waals surface area contributed by atoms with Gasteiger partial charge in [0, 0.05) is 11.6 Å². The molecule has 1 aliphatic carbocycles. The molecule has 0 radical (unpaired) electrons. The average Bonchev–Trinajstić information content (AvgIpc) is 2.08. The maximum atomic E-state index is 3.82. The molecule has 0 bridgehead atoms. The van der Waals surface area contributed by atoms with Crippen molar-refractivity contribution >= 4 is 0 Å². The van der Waals surface area contributed by atoms with E-state index in [-0.39, 0.29) is 5.54 Å². The van der Waals surface area contributed by atoms with Crippen molar-refractivity contribution in [1.82, 2.24) is 5.32 Å². The van der Waals surface area contributed by atoms with Gasteiger partial charge in [-0.1, -0.05) is 41.0 Å². The summed E-state index contributed by atoms with van der Waals surface area (Å²) in [5, 5.41) is 3.82. The van der Waals surface area contributed by atoms with Crippen molar-refractivity contribution in [3.63, 3.8) is 0 Å². The van der Waals surface area contributed by atoms with E-state index >= 15 is 0 Å². The fraction of sp³-hybridized carbons (Fsp3) is 1.00. The van der Waals surface area contributed by atoms with Crippen LogP contribution >= 0.6 is 0 Å². The van der Waals surface area contributed by atoms with E-state index in [4.69, 9.17) is 0 Å². The van der Waals surface area contributed by atoms with Gasteiger partial charge in [-0.05, 0) is 43.9 Å². The van der Waals surface area contributed by atoms with Gasteiger partial charge >= 0.3 is 0 Å². The van der Waals surface area contributed by atoms with E-state index in [0.717, 1.165) is 5.92 Å². The zero-order chi connectivity index (χ0) is 12.8. The van der Waals surface area contributed by atoms with Crippen molar-refractivity contribution in [3.05, 3.63) is 0 Å². The zero-order valence-electron chi connectivity index (χ0n) is 12.6. The van der Waals surface area contributed by atoms with Gasteiger partial charge in [-0.3, -0.25) is 0 Å². The van der Waals surface area contributed by atoms with Gasteiger partial charge in [-0.25, -0.2) is 0 Å². The van der Waals surface area contributed by atoms with Gasteiger partial charge in [0.25, 0.3) is 0 Å². The standard InChI is InChI=1S/C15H31N/c1-9-10-11-14(5,6)12(15(11,7)8)16-13(2,3)4/h11-12,16H,9-10H2,1-8H3. The van der Waals surface area contributed by atoms with Crippen molar-refractivity contribution in [2.24, 2.45) is 16.7 Å². The highest BCUT2D eigenvalue weighted by atomic mass is 15.1. The zero-order valence-corrected chi connectivity index (χ0v) is 12.6. The van der Waals surface area contributed by atoms with Gasteiger partial charge in [-0.15, -0.1) is 0 Å². The van der Waals surface area contributed by atoms with Crippen LogP contribution in [0.25, 0.3) is 0 Å². The first-order valence-corrected chi connectivity index (χ1v) is 6.81. The van der Waals surface area contributed by atoms with Crippen molar-refractivity contribution in [1.29, 1.82) is 0 Å². The number of rotatable bonds is 3. The summed E-state index contributed by atoms with van der Waals surface area (Å²) in [5.74, 6) is 0.852. The highest BCUT2D eigenvalue weighted by Gasteiger charge is 2.60. The molecule has 0 spiro atoms. The molecule has 0 aromatic heterocycles. The third-order valence-corrected chi connectivity index (χ3v) is 4.44. The van der Waals surface area contributed by atoms with Crippen LogP contribution in [0.1, 0.15) is 68.2 Å². The minimum absolute atomic E-state index is 0.219. The third-order valence-electron chi connectivity index (χ3n) is 4.44. The lowest BCUT2D eigenvalue weighted by Gasteiger charge is -2.66. The van der Waals surface area contributed by atoms with Crippen molar-refractivity contribution < 1.29 is 0 Å². The Bertz CT molecular complexity index is 229. The van der Waals surface area contributed by atoms with E-state index in [2.05, 4.69) is 60.7 Å². The molecule has 0 aliphatic heterocycles. The summed E-state index contributed by atoms with van der Waals surface area (Å²) in [6.07, 6.45) is 2.67. The van der Waals surface area contributed by atoms with Crippen LogP contribution in [-0.4, -0.2) is 11.6 Å². The lowest BCUT2D eigenvalue weighted by Crippen LogP contribution is -2.71. The molecule has 96 valence electrons. The molecular weight excluding hydrogens is 194 g/mol. The number of nitrogens with one attached hydrogen (secondary N) is 1. The summed E-state index contributed by atoms with van der Waals surface area (Å²) in [7, 11) is 0. The normalized spacial score (nSPS) is 32.2. The number of hydrogen-bond acceptors (Lipinski definition) is 1. The van der Waals surface area contributed by atoms with Gasteiger partial charge in [0.15, 0.2) is 0 Å².